The van der Waals surface area contributed by atoms with Crippen LogP contribution in [-0.4, -0.2) is 54.5 Å². The summed E-state index contributed by atoms with van der Waals surface area (Å²) in [6.07, 6.45) is -0.269. The molecule has 2 aliphatic heterocycles. The second-order valence-electron chi connectivity index (χ2n) is 9.65. The molecule has 2 aliphatic rings. The van der Waals surface area contributed by atoms with E-state index in [0.29, 0.717) is 13.1 Å². The molecule has 3 rings (SSSR count). The predicted octanol–water partition coefficient (Wildman–Crippen LogP) is 2.87. The van der Waals surface area contributed by atoms with E-state index in [4.69, 9.17) is 14.0 Å². The number of nitrogens with one attached hydrogen (secondary N) is 1. The number of carbonyl (C=O) groups excluding carboxylic acids is 1. The molecule has 0 aromatic heterocycles. The third-order valence-electron chi connectivity index (χ3n) is 5.72. The van der Waals surface area contributed by atoms with Crippen LogP contribution < -0.4 is 10.8 Å². The molecule has 1 unspecified atom stereocenters. The summed E-state index contributed by atoms with van der Waals surface area (Å²) in [5.74, 6) is 0. The number of hydrogen-bond acceptors (Lipinski definition) is 5. The number of carbonyl (C=O) groups is 1. The van der Waals surface area contributed by atoms with Crippen molar-refractivity contribution < 1.29 is 18.8 Å². The van der Waals surface area contributed by atoms with Gasteiger partial charge in [-0.25, -0.2) is 4.79 Å². The van der Waals surface area contributed by atoms with Crippen molar-refractivity contribution in [3.8, 4) is 0 Å². The predicted molar refractivity (Wildman–Crippen MR) is 111 cm³/mol. The summed E-state index contributed by atoms with van der Waals surface area (Å²) in [6.45, 7) is 16.0. The Morgan fingerprint density at radius 1 is 1.14 bits per heavy atom. The number of amides is 1. The van der Waals surface area contributed by atoms with Crippen molar-refractivity contribution >= 4 is 18.7 Å². The van der Waals surface area contributed by atoms with Crippen LogP contribution in [0.3, 0.4) is 0 Å². The summed E-state index contributed by atoms with van der Waals surface area (Å²) in [5.41, 5.74) is 0.815. The normalized spacial score (nSPS) is 24.3. The zero-order valence-corrected chi connectivity index (χ0v) is 18.2. The molecule has 2 saturated heterocycles. The van der Waals surface area contributed by atoms with Crippen LogP contribution in [0, 0.1) is 0 Å². The molecule has 0 radical (unpaired) electrons. The van der Waals surface area contributed by atoms with Crippen molar-refractivity contribution in [2.45, 2.75) is 71.3 Å². The molecule has 7 heteroatoms. The van der Waals surface area contributed by atoms with Gasteiger partial charge in [0.1, 0.15) is 5.60 Å². The fraction of sp³-hybridized carbons (Fsp3) is 0.667. The van der Waals surface area contributed by atoms with Crippen LogP contribution in [0.5, 0.6) is 0 Å². The Morgan fingerprint density at radius 3 is 2.25 bits per heavy atom. The van der Waals surface area contributed by atoms with Gasteiger partial charge in [0.05, 0.1) is 17.2 Å². The van der Waals surface area contributed by atoms with Crippen molar-refractivity contribution in [3.63, 3.8) is 0 Å². The summed E-state index contributed by atoms with van der Waals surface area (Å²) in [6, 6.07) is 8.10. The van der Waals surface area contributed by atoms with Gasteiger partial charge in [0.15, 0.2) is 0 Å². The molecule has 0 saturated carbocycles. The summed E-state index contributed by atoms with van der Waals surface area (Å²) in [4.78, 5) is 14.5. The lowest BCUT2D eigenvalue weighted by atomic mass is 9.78. The molecule has 1 N–H and O–H groups in total. The largest absolute Gasteiger partial charge is 0.494 e. The lowest BCUT2D eigenvalue weighted by Crippen LogP contribution is -2.50. The molecule has 6 nitrogen and oxygen atoms in total. The van der Waals surface area contributed by atoms with Gasteiger partial charge in [-0.05, 0) is 59.5 Å². The summed E-state index contributed by atoms with van der Waals surface area (Å²) < 4.78 is 17.9. The molecule has 154 valence electrons. The van der Waals surface area contributed by atoms with Crippen molar-refractivity contribution in [2.75, 3.05) is 19.6 Å². The van der Waals surface area contributed by atoms with E-state index in [1.807, 2.05) is 65.5 Å². The van der Waals surface area contributed by atoms with Crippen LogP contribution in [0.25, 0.3) is 0 Å². The van der Waals surface area contributed by atoms with Gasteiger partial charge < -0.3 is 19.4 Å². The Morgan fingerprint density at radius 2 is 1.71 bits per heavy atom. The van der Waals surface area contributed by atoms with Gasteiger partial charge >= 0.3 is 13.2 Å². The maximum Gasteiger partial charge on any atom is 0.494 e. The summed E-state index contributed by atoms with van der Waals surface area (Å²) in [7, 11) is -0.384. The molecular weight excluding hydrogens is 355 g/mol. The van der Waals surface area contributed by atoms with E-state index in [1.165, 1.54) is 0 Å². The average Bonchev–Trinajstić information content (AvgIpc) is 2.81. The van der Waals surface area contributed by atoms with Crippen LogP contribution in [-0.2, 0) is 14.0 Å². The number of benzene rings is 1. The van der Waals surface area contributed by atoms with Gasteiger partial charge in [-0.1, -0.05) is 24.3 Å². The van der Waals surface area contributed by atoms with Gasteiger partial charge in [0, 0.05) is 19.6 Å². The van der Waals surface area contributed by atoms with E-state index >= 15 is 0 Å². The first-order chi connectivity index (χ1) is 12.9. The Hall–Kier alpha value is -1.57. The number of hydrogen-bond donors (Lipinski definition) is 1. The smallest absolute Gasteiger partial charge is 0.444 e. The minimum absolute atomic E-state index is 0.0593. The number of piperazine rings is 1. The van der Waals surface area contributed by atoms with Gasteiger partial charge in [0.2, 0.25) is 0 Å². The van der Waals surface area contributed by atoms with E-state index in [2.05, 4.69) is 17.4 Å². The minimum Gasteiger partial charge on any atom is -0.444 e. The quantitative estimate of drug-likeness (QED) is 0.790. The minimum atomic E-state index is -0.507. The van der Waals surface area contributed by atoms with E-state index in [0.717, 1.165) is 17.6 Å². The van der Waals surface area contributed by atoms with Gasteiger partial charge in [-0.2, -0.15) is 0 Å². The van der Waals surface area contributed by atoms with Gasteiger partial charge in [-0.15, -0.1) is 0 Å². The second-order valence-corrected chi connectivity index (χ2v) is 9.65. The highest BCUT2D eigenvalue weighted by atomic mass is 16.7. The third-order valence-corrected chi connectivity index (χ3v) is 5.72. The Balaban J connectivity index is 1.75. The van der Waals surface area contributed by atoms with E-state index in [1.54, 1.807) is 0 Å². The average molecular weight is 388 g/mol. The first-order valence-electron chi connectivity index (χ1n) is 10.1. The Kier molecular flexibility index (Phi) is 5.56. The SMILES string of the molecule is CC(C)(C)OC(=O)N1CCNCC1c1ccc(B2OC(C)(C)C(C)(C)O2)cc1. The fourth-order valence-electron chi connectivity index (χ4n) is 3.40. The maximum atomic E-state index is 12.7. The van der Waals surface area contributed by atoms with Crippen LogP contribution in [0.4, 0.5) is 4.79 Å². The van der Waals surface area contributed by atoms with Crippen molar-refractivity contribution in [2.24, 2.45) is 0 Å². The molecule has 1 aromatic rings. The molecule has 1 aromatic carbocycles. The number of nitrogens with zero attached hydrogens (tertiary/aromatic N) is 1. The number of ether oxygens (including phenoxy) is 1. The highest BCUT2D eigenvalue weighted by Crippen LogP contribution is 2.36. The first kappa shape index (κ1) is 21.2. The van der Waals surface area contributed by atoms with Crippen molar-refractivity contribution in [3.05, 3.63) is 29.8 Å². The first-order valence-corrected chi connectivity index (χ1v) is 10.1. The lowest BCUT2D eigenvalue weighted by Gasteiger charge is -2.37. The summed E-state index contributed by atoms with van der Waals surface area (Å²) in [5, 5.41) is 3.37. The molecule has 28 heavy (non-hydrogen) atoms. The zero-order chi connectivity index (χ0) is 20.7. The highest BCUT2D eigenvalue weighted by Gasteiger charge is 2.51. The zero-order valence-electron chi connectivity index (χ0n) is 18.2. The molecule has 0 bridgehead atoms. The van der Waals surface area contributed by atoms with Crippen LogP contribution in [0.1, 0.15) is 60.1 Å². The topological polar surface area (TPSA) is 60.0 Å². The van der Waals surface area contributed by atoms with Gasteiger partial charge in [0.25, 0.3) is 0 Å². The van der Waals surface area contributed by atoms with Crippen LogP contribution in [0.2, 0.25) is 0 Å². The Labute approximate surface area is 169 Å². The molecule has 1 atom stereocenters. The molecule has 1 amide bonds. The lowest BCUT2D eigenvalue weighted by molar-refractivity contribution is 0.00578. The van der Waals surface area contributed by atoms with E-state index in [9.17, 15) is 4.79 Å². The molecule has 2 heterocycles. The van der Waals surface area contributed by atoms with Crippen LogP contribution >= 0.6 is 0 Å². The van der Waals surface area contributed by atoms with Crippen molar-refractivity contribution in [1.29, 1.82) is 0 Å². The van der Waals surface area contributed by atoms with E-state index in [-0.39, 0.29) is 30.5 Å². The molecule has 2 fully saturated rings. The Bertz CT molecular complexity index is 696. The summed E-state index contributed by atoms with van der Waals surface area (Å²) >= 11 is 0. The van der Waals surface area contributed by atoms with Crippen molar-refractivity contribution in [1.82, 2.24) is 10.2 Å². The van der Waals surface area contributed by atoms with Gasteiger partial charge in [-0.3, -0.25) is 4.90 Å². The highest BCUT2D eigenvalue weighted by molar-refractivity contribution is 6.62. The molecule has 0 aliphatic carbocycles. The van der Waals surface area contributed by atoms with Crippen LogP contribution in [0.15, 0.2) is 24.3 Å². The standard InChI is InChI=1S/C21H33BN2O4/c1-19(2,3)26-18(25)24-13-12-23-14-17(24)15-8-10-16(11-9-15)22-27-20(4,5)21(6,7)28-22/h8-11,17,23H,12-14H2,1-7H3. The maximum absolute atomic E-state index is 12.7. The third kappa shape index (κ3) is 4.37. The monoisotopic (exact) mass is 388 g/mol. The fourth-order valence-corrected chi connectivity index (χ4v) is 3.40. The second kappa shape index (κ2) is 7.36. The van der Waals surface area contributed by atoms with E-state index < -0.39 is 5.60 Å². The molecular formula is C21H33BN2O4. The number of rotatable bonds is 2. The molecule has 0 spiro atoms.